The molecule has 0 aliphatic carbocycles. The van der Waals surface area contributed by atoms with Crippen LogP contribution in [0.5, 0.6) is 11.5 Å². The quantitative estimate of drug-likeness (QED) is 0.296. The summed E-state index contributed by atoms with van der Waals surface area (Å²) < 4.78 is 13.1. The van der Waals surface area contributed by atoms with Crippen LogP contribution < -0.4 is 19.7 Å². The molecule has 0 unspecified atom stereocenters. The van der Waals surface area contributed by atoms with Crippen molar-refractivity contribution in [3.05, 3.63) is 95.7 Å². The molecule has 1 aliphatic heterocycles. The third-order valence-corrected chi connectivity index (χ3v) is 6.17. The Morgan fingerprint density at radius 3 is 2.32 bits per heavy atom. The number of ether oxygens (including phenoxy) is 2. The summed E-state index contributed by atoms with van der Waals surface area (Å²) in [5.74, 6) is 0.0885. The zero-order valence-electron chi connectivity index (χ0n) is 20.4. The van der Waals surface area contributed by atoms with Crippen LogP contribution in [0.25, 0.3) is 17.0 Å². The highest BCUT2D eigenvalue weighted by atomic mass is 16.5. The van der Waals surface area contributed by atoms with E-state index in [9.17, 15) is 14.4 Å². The molecule has 0 saturated carbocycles. The molecule has 1 aromatic heterocycles. The monoisotopic (exact) mass is 495 g/mol. The number of rotatable bonds is 7. The van der Waals surface area contributed by atoms with E-state index in [1.807, 2.05) is 66.2 Å². The summed E-state index contributed by atoms with van der Waals surface area (Å²) in [7, 11) is 1.61. The smallest absolute Gasteiger partial charge is 0.335 e. The number of para-hydroxylation sites is 1. The minimum atomic E-state index is -0.769. The topological polar surface area (TPSA) is 89.9 Å². The van der Waals surface area contributed by atoms with Crippen molar-refractivity contribution in [1.82, 2.24) is 9.88 Å². The fourth-order valence-corrected chi connectivity index (χ4v) is 4.25. The first-order valence-corrected chi connectivity index (χ1v) is 11.8. The summed E-state index contributed by atoms with van der Waals surface area (Å²) in [5.41, 5.74) is 2.89. The number of carbonyl (C=O) groups excluding carboxylic acids is 3. The Bertz CT molecular complexity index is 1520. The van der Waals surface area contributed by atoms with Crippen molar-refractivity contribution in [2.45, 2.75) is 13.5 Å². The molecule has 1 aliphatic rings. The van der Waals surface area contributed by atoms with Gasteiger partial charge in [-0.25, -0.2) is 9.69 Å². The Kier molecular flexibility index (Phi) is 6.47. The molecule has 1 fully saturated rings. The molecule has 5 rings (SSSR count). The van der Waals surface area contributed by atoms with E-state index in [-0.39, 0.29) is 5.57 Å². The van der Waals surface area contributed by atoms with Gasteiger partial charge in [-0.05, 0) is 55.5 Å². The third-order valence-electron chi connectivity index (χ3n) is 6.17. The molecule has 1 N–H and O–H groups in total. The van der Waals surface area contributed by atoms with E-state index >= 15 is 0 Å². The van der Waals surface area contributed by atoms with E-state index in [1.54, 1.807) is 31.4 Å². The van der Waals surface area contributed by atoms with Crippen molar-refractivity contribution >= 4 is 40.5 Å². The molecule has 186 valence electrons. The van der Waals surface area contributed by atoms with Gasteiger partial charge in [-0.15, -0.1) is 0 Å². The first-order chi connectivity index (χ1) is 17.9. The van der Waals surface area contributed by atoms with E-state index in [4.69, 9.17) is 9.47 Å². The second kappa shape index (κ2) is 10.0. The third kappa shape index (κ3) is 4.81. The van der Waals surface area contributed by atoms with Crippen LogP contribution in [0, 0.1) is 6.92 Å². The van der Waals surface area contributed by atoms with Gasteiger partial charge in [-0.2, -0.15) is 0 Å². The van der Waals surface area contributed by atoms with Crippen LogP contribution in [-0.4, -0.2) is 36.1 Å². The Hall–Kier alpha value is -4.85. The van der Waals surface area contributed by atoms with Crippen molar-refractivity contribution < 1.29 is 23.9 Å². The Labute approximate surface area is 213 Å². The van der Waals surface area contributed by atoms with E-state index in [0.29, 0.717) is 24.4 Å². The number of nitrogens with one attached hydrogen (secondary N) is 1. The Balaban J connectivity index is 1.42. The van der Waals surface area contributed by atoms with Gasteiger partial charge in [0.25, 0.3) is 11.8 Å². The summed E-state index contributed by atoms with van der Waals surface area (Å²) in [6, 6.07) is 21.3. The van der Waals surface area contributed by atoms with Crippen LogP contribution in [0.15, 0.2) is 84.6 Å². The molecule has 37 heavy (non-hydrogen) atoms. The first-order valence-electron chi connectivity index (χ1n) is 11.8. The van der Waals surface area contributed by atoms with Crippen LogP contribution in [0.1, 0.15) is 11.1 Å². The van der Waals surface area contributed by atoms with Crippen LogP contribution in [0.2, 0.25) is 0 Å². The maximum Gasteiger partial charge on any atom is 0.335 e. The number of nitrogens with zero attached hydrogens (tertiary/aromatic N) is 2. The summed E-state index contributed by atoms with van der Waals surface area (Å²) in [5, 5.41) is 3.16. The molecule has 4 aromatic rings. The molecule has 0 atom stereocenters. The highest BCUT2D eigenvalue weighted by Gasteiger charge is 2.37. The van der Waals surface area contributed by atoms with Crippen LogP contribution in [0.3, 0.4) is 0 Å². The first kappa shape index (κ1) is 23.9. The van der Waals surface area contributed by atoms with Gasteiger partial charge in [0.05, 0.1) is 19.3 Å². The maximum absolute atomic E-state index is 13.3. The van der Waals surface area contributed by atoms with Crippen molar-refractivity contribution in [1.29, 1.82) is 0 Å². The molecule has 1 saturated heterocycles. The summed E-state index contributed by atoms with van der Waals surface area (Å²) in [4.78, 5) is 39.5. The van der Waals surface area contributed by atoms with Gasteiger partial charge >= 0.3 is 6.03 Å². The number of hydrogen-bond donors (Lipinski definition) is 1. The highest BCUT2D eigenvalue weighted by molar-refractivity contribution is 6.39. The lowest BCUT2D eigenvalue weighted by atomic mass is 10.1. The lowest BCUT2D eigenvalue weighted by Gasteiger charge is -2.26. The summed E-state index contributed by atoms with van der Waals surface area (Å²) in [6.07, 6.45) is 3.41. The number of amides is 4. The average molecular weight is 496 g/mol. The zero-order chi connectivity index (χ0) is 25.9. The van der Waals surface area contributed by atoms with Crippen molar-refractivity contribution in [2.75, 3.05) is 18.6 Å². The second-order valence-electron chi connectivity index (χ2n) is 8.61. The van der Waals surface area contributed by atoms with E-state index < -0.39 is 17.8 Å². The number of urea groups is 1. The predicted octanol–water partition coefficient (Wildman–Crippen LogP) is 4.70. The van der Waals surface area contributed by atoms with Crippen molar-refractivity contribution in [3.63, 3.8) is 0 Å². The van der Waals surface area contributed by atoms with Gasteiger partial charge in [0.2, 0.25) is 0 Å². The number of carbonyl (C=O) groups is 3. The molecule has 2 heterocycles. The molecular weight excluding hydrogens is 470 g/mol. The van der Waals surface area contributed by atoms with E-state index in [2.05, 4.69) is 5.32 Å². The molecule has 0 radical (unpaired) electrons. The number of barbiturate groups is 1. The molecular formula is C29H25N3O5. The standard InChI is InChI=1S/C29H25N3O5/c1-19-7-9-21(10-8-19)32-28(34)25(27(33)30-29(32)35)17-20-18-31(26-6-4-3-5-24(20)26)15-16-37-23-13-11-22(36-2)12-14-23/h3-14,17-18H,15-16H2,1-2H3,(H,30,33,35)/b25-17-. The number of anilines is 1. The van der Waals surface area contributed by atoms with Gasteiger partial charge in [0, 0.05) is 22.7 Å². The van der Waals surface area contributed by atoms with Crippen LogP contribution >= 0.6 is 0 Å². The molecule has 8 nitrogen and oxygen atoms in total. The largest absolute Gasteiger partial charge is 0.497 e. The van der Waals surface area contributed by atoms with Crippen molar-refractivity contribution in [3.8, 4) is 11.5 Å². The number of aromatic nitrogens is 1. The highest BCUT2D eigenvalue weighted by Crippen LogP contribution is 2.27. The molecule has 0 bridgehead atoms. The Morgan fingerprint density at radius 2 is 1.59 bits per heavy atom. The number of aryl methyl sites for hydroxylation is 1. The fourth-order valence-electron chi connectivity index (χ4n) is 4.25. The number of fused-ring (bicyclic) bond motifs is 1. The number of hydrogen-bond acceptors (Lipinski definition) is 5. The molecule has 0 spiro atoms. The molecule has 4 amide bonds. The van der Waals surface area contributed by atoms with Crippen LogP contribution in [0.4, 0.5) is 10.5 Å². The number of imide groups is 2. The fraction of sp³-hybridized carbons (Fsp3) is 0.138. The molecule has 8 heteroatoms. The lowest BCUT2D eigenvalue weighted by Crippen LogP contribution is -2.54. The normalized spacial score (nSPS) is 14.8. The van der Waals surface area contributed by atoms with Gasteiger partial charge in [0.1, 0.15) is 23.7 Å². The van der Waals surface area contributed by atoms with Crippen LogP contribution in [-0.2, 0) is 16.1 Å². The second-order valence-corrected chi connectivity index (χ2v) is 8.61. The SMILES string of the molecule is COc1ccc(OCCn2cc(/C=C3/C(=O)NC(=O)N(c4ccc(C)cc4)C3=O)c3ccccc32)cc1. The average Bonchev–Trinajstić information content (AvgIpc) is 3.25. The lowest BCUT2D eigenvalue weighted by molar-refractivity contribution is -0.122. The Morgan fingerprint density at radius 1 is 0.892 bits per heavy atom. The molecule has 3 aromatic carbocycles. The van der Waals surface area contributed by atoms with Gasteiger partial charge in [-0.1, -0.05) is 35.9 Å². The van der Waals surface area contributed by atoms with Gasteiger partial charge in [0.15, 0.2) is 0 Å². The number of methoxy groups -OCH3 is 1. The summed E-state index contributed by atoms with van der Waals surface area (Å²) in [6.45, 7) is 2.87. The van der Waals surface area contributed by atoms with Gasteiger partial charge < -0.3 is 14.0 Å². The number of benzene rings is 3. The van der Waals surface area contributed by atoms with E-state index in [1.165, 1.54) is 6.08 Å². The zero-order valence-corrected chi connectivity index (χ0v) is 20.4. The maximum atomic E-state index is 13.3. The van der Waals surface area contributed by atoms with Gasteiger partial charge in [-0.3, -0.25) is 14.9 Å². The minimum Gasteiger partial charge on any atom is -0.497 e. The van der Waals surface area contributed by atoms with E-state index in [0.717, 1.165) is 32.9 Å². The van der Waals surface area contributed by atoms with Crippen molar-refractivity contribution in [2.24, 2.45) is 0 Å². The predicted molar refractivity (Wildman–Crippen MR) is 141 cm³/mol. The minimum absolute atomic E-state index is 0.113. The summed E-state index contributed by atoms with van der Waals surface area (Å²) >= 11 is 0.